The summed E-state index contributed by atoms with van der Waals surface area (Å²) in [6.07, 6.45) is 1.77. The third-order valence-corrected chi connectivity index (χ3v) is 2.57. The van der Waals surface area contributed by atoms with E-state index in [1.807, 2.05) is 23.6 Å². The van der Waals surface area contributed by atoms with Crippen LogP contribution in [-0.2, 0) is 12.8 Å². The van der Waals surface area contributed by atoms with Gasteiger partial charge in [0.2, 0.25) is 0 Å². The van der Waals surface area contributed by atoms with Gasteiger partial charge in [0.25, 0.3) is 0 Å². The maximum Gasteiger partial charge on any atom is 0.154 e. The van der Waals surface area contributed by atoms with Crippen molar-refractivity contribution in [3.05, 3.63) is 29.2 Å². The molecule has 0 aliphatic rings. The average molecular weight is 204 g/mol. The first-order chi connectivity index (χ1) is 7.26. The van der Waals surface area contributed by atoms with Crippen LogP contribution in [-0.4, -0.2) is 21.1 Å². The molecule has 80 valence electrons. The first-order valence-electron chi connectivity index (χ1n) is 5.30. The van der Waals surface area contributed by atoms with E-state index in [4.69, 9.17) is 5.73 Å². The summed E-state index contributed by atoms with van der Waals surface area (Å²) in [6.45, 7) is 4.73. The number of hydrogen-bond donors (Lipinski definition) is 1. The predicted molar refractivity (Wildman–Crippen MR) is 59.9 cm³/mol. The van der Waals surface area contributed by atoms with Gasteiger partial charge in [-0.3, -0.25) is 0 Å². The highest BCUT2D eigenvalue weighted by molar-refractivity contribution is 5.41. The van der Waals surface area contributed by atoms with Crippen LogP contribution >= 0.6 is 0 Å². The number of nitrogens with zero attached hydrogens (tertiary/aromatic N) is 3. The van der Waals surface area contributed by atoms with Crippen LogP contribution in [0, 0.1) is 6.92 Å². The van der Waals surface area contributed by atoms with Crippen molar-refractivity contribution in [1.29, 1.82) is 0 Å². The molecule has 0 fully saturated rings. The van der Waals surface area contributed by atoms with Crippen LogP contribution in [0.2, 0.25) is 0 Å². The standard InChI is InChI=1S/C11H16N4/c1-3-9-4-5-11-13-8(2)10(6-7-12)15(11)14-9/h4-5H,3,6-7,12H2,1-2H3. The van der Waals surface area contributed by atoms with Crippen molar-refractivity contribution in [3.63, 3.8) is 0 Å². The molecule has 2 rings (SSSR count). The van der Waals surface area contributed by atoms with E-state index in [0.717, 1.165) is 35.6 Å². The Morgan fingerprint density at radius 3 is 2.87 bits per heavy atom. The molecule has 0 radical (unpaired) electrons. The van der Waals surface area contributed by atoms with Crippen molar-refractivity contribution in [2.24, 2.45) is 5.73 Å². The number of hydrogen-bond acceptors (Lipinski definition) is 3. The van der Waals surface area contributed by atoms with Gasteiger partial charge in [0, 0.05) is 6.42 Å². The molecule has 0 atom stereocenters. The zero-order chi connectivity index (χ0) is 10.8. The number of nitrogens with two attached hydrogens (primary N) is 1. The van der Waals surface area contributed by atoms with Crippen molar-refractivity contribution in [2.45, 2.75) is 26.7 Å². The Bertz CT molecular complexity index is 473. The second-order valence-corrected chi connectivity index (χ2v) is 3.63. The Morgan fingerprint density at radius 1 is 1.40 bits per heavy atom. The Labute approximate surface area is 89.1 Å². The molecular formula is C11H16N4. The summed E-state index contributed by atoms with van der Waals surface area (Å²) in [7, 11) is 0. The Morgan fingerprint density at radius 2 is 2.20 bits per heavy atom. The maximum absolute atomic E-state index is 5.58. The lowest BCUT2D eigenvalue weighted by Crippen LogP contribution is -2.08. The highest BCUT2D eigenvalue weighted by Gasteiger charge is 2.08. The summed E-state index contributed by atoms with van der Waals surface area (Å²) >= 11 is 0. The molecule has 0 aliphatic carbocycles. The van der Waals surface area contributed by atoms with E-state index in [9.17, 15) is 0 Å². The van der Waals surface area contributed by atoms with E-state index >= 15 is 0 Å². The number of fused-ring (bicyclic) bond motifs is 1. The molecular weight excluding hydrogens is 188 g/mol. The summed E-state index contributed by atoms with van der Waals surface area (Å²) in [5, 5.41) is 4.53. The van der Waals surface area contributed by atoms with E-state index < -0.39 is 0 Å². The zero-order valence-electron chi connectivity index (χ0n) is 9.20. The van der Waals surface area contributed by atoms with Gasteiger partial charge in [0.15, 0.2) is 5.65 Å². The first-order valence-corrected chi connectivity index (χ1v) is 5.30. The minimum Gasteiger partial charge on any atom is -0.330 e. The number of aromatic nitrogens is 3. The molecule has 2 aromatic rings. The number of rotatable bonds is 3. The molecule has 4 nitrogen and oxygen atoms in total. The topological polar surface area (TPSA) is 56.2 Å². The lowest BCUT2D eigenvalue weighted by Gasteiger charge is -2.01. The summed E-state index contributed by atoms with van der Waals surface area (Å²) in [5.41, 5.74) is 9.73. The Kier molecular flexibility index (Phi) is 2.68. The summed E-state index contributed by atoms with van der Waals surface area (Å²) in [6, 6.07) is 4.03. The molecule has 0 unspecified atom stereocenters. The monoisotopic (exact) mass is 204 g/mol. The van der Waals surface area contributed by atoms with Crippen LogP contribution in [0.3, 0.4) is 0 Å². The fraction of sp³-hybridized carbons (Fsp3) is 0.455. The molecule has 2 N–H and O–H groups in total. The lowest BCUT2D eigenvalue weighted by molar-refractivity contribution is 0.790. The van der Waals surface area contributed by atoms with Gasteiger partial charge >= 0.3 is 0 Å². The lowest BCUT2D eigenvalue weighted by atomic mass is 10.2. The van der Waals surface area contributed by atoms with Crippen LogP contribution in [0.5, 0.6) is 0 Å². The summed E-state index contributed by atoms with van der Waals surface area (Å²) < 4.78 is 1.92. The van der Waals surface area contributed by atoms with Gasteiger partial charge in [-0.15, -0.1) is 0 Å². The molecule has 0 aliphatic heterocycles. The quantitative estimate of drug-likeness (QED) is 0.814. The molecule has 0 bridgehead atoms. The van der Waals surface area contributed by atoms with Gasteiger partial charge in [-0.2, -0.15) is 5.10 Å². The minimum atomic E-state index is 0.632. The van der Waals surface area contributed by atoms with Crippen molar-refractivity contribution in [2.75, 3.05) is 6.54 Å². The van der Waals surface area contributed by atoms with Crippen LogP contribution < -0.4 is 5.73 Å². The average Bonchev–Trinajstić information content (AvgIpc) is 2.55. The van der Waals surface area contributed by atoms with Crippen molar-refractivity contribution >= 4 is 5.65 Å². The van der Waals surface area contributed by atoms with Crippen LogP contribution in [0.15, 0.2) is 12.1 Å². The number of aryl methyl sites for hydroxylation is 2. The Hall–Kier alpha value is -1.42. The van der Waals surface area contributed by atoms with Gasteiger partial charge in [-0.25, -0.2) is 9.50 Å². The molecule has 0 spiro atoms. The van der Waals surface area contributed by atoms with E-state index in [1.54, 1.807) is 0 Å². The largest absolute Gasteiger partial charge is 0.330 e. The molecule has 0 saturated carbocycles. The van der Waals surface area contributed by atoms with Crippen molar-refractivity contribution in [1.82, 2.24) is 14.6 Å². The van der Waals surface area contributed by atoms with Gasteiger partial charge in [-0.05, 0) is 32.0 Å². The third kappa shape index (κ3) is 1.72. The van der Waals surface area contributed by atoms with E-state index in [0.29, 0.717) is 6.54 Å². The fourth-order valence-electron chi connectivity index (χ4n) is 1.74. The van der Waals surface area contributed by atoms with Crippen molar-refractivity contribution in [3.8, 4) is 0 Å². The Balaban J connectivity index is 2.61. The van der Waals surface area contributed by atoms with Gasteiger partial charge in [0.1, 0.15) is 0 Å². The molecule has 15 heavy (non-hydrogen) atoms. The van der Waals surface area contributed by atoms with Crippen molar-refractivity contribution < 1.29 is 0 Å². The highest BCUT2D eigenvalue weighted by atomic mass is 15.3. The van der Waals surface area contributed by atoms with Crippen LogP contribution in [0.1, 0.15) is 24.0 Å². The molecule has 2 heterocycles. The predicted octanol–water partition coefficient (Wildman–Crippen LogP) is 1.10. The second kappa shape index (κ2) is 3.98. The molecule has 0 saturated heterocycles. The maximum atomic E-state index is 5.58. The molecule has 4 heteroatoms. The molecule has 0 amide bonds. The minimum absolute atomic E-state index is 0.632. The smallest absolute Gasteiger partial charge is 0.154 e. The molecule has 0 aromatic carbocycles. The summed E-state index contributed by atoms with van der Waals surface area (Å²) in [4.78, 5) is 4.45. The highest BCUT2D eigenvalue weighted by Crippen LogP contribution is 2.11. The zero-order valence-corrected chi connectivity index (χ0v) is 9.20. The second-order valence-electron chi connectivity index (χ2n) is 3.63. The van der Waals surface area contributed by atoms with Crippen LogP contribution in [0.4, 0.5) is 0 Å². The van der Waals surface area contributed by atoms with E-state index in [2.05, 4.69) is 17.0 Å². The van der Waals surface area contributed by atoms with E-state index in [-0.39, 0.29) is 0 Å². The summed E-state index contributed by atoms with van der Waals surface area (Å²) in [5.74, 6) is 0. The molecule has 2 aromatic heterocycles. The normalized spacial score (nSPS) is 11.1. The van der Waals surface area contributed by atoms with Gasteiger partial charge in [-0.1, -0.05) is 6.92 Å². The van der Waals surface area contributed by atoms with Gasteiger partial charge in [0.05, 0.1) is 17.1 Å². The van der Waals surface area contributed by atoms with E-state index in [1.165, 1.54) is 0 Å². The fourth-order valence-corrected chi connectivity index (χ4v) is 1.74. The first kappa shape index (κ1) is 10.1. The SMILES string of the molecule is CCc1ccc2nc(C)c(CCN)n2n1. The van der Waals surface area contributed by atoms with Crippen LogP contribution in [0.25, 0.3) is 5.65 Å². The van der Waals surface area contributed by atoms with Gasteiger partial charge < -0.3 is 5.73 Å². The third-order valence-electron chi connectivity index (χ3n) is 2.57. The number of imidazole rings is 1.